The molecule has 1 aromatic heterocycles. The summed E-state index contributed by atoms with van der Waals surface area (Å²) in [6.07, 6.45) is -3.59. The van der Waals surface area contributed by atoms with Gasteiger partial charge in [-0.3, -0.25) is 4.98 Å². The molecule has 24 heavy (non-hydrogen) atoms. The molecule has 0 unspecified atom stereocenters. The molecular weight excluding hydrogens is 346 g/mol. The lowest BCUT2D eigenvalue weighted by Crippen LogP contribution is -2.43. The van der Waals surface area contributed by atoms with Crippen LogP contribution in [0.15, 0.2) is 42.6 Å². The summed E-state index contributed by atoms with van der Waals surface area (Å²) in [6, 6.07) is 9.97. The second-order valence-corrected chi connectivity index (χ2v) is 6.57. The summed E-state index contributed by atoms with van der Waals surface area (Å²) < 4.78 is 57.3. The number of rotatable bonds is 4. The molecule has 128 valence electrons. The first kappa shape index (κ1) is 17.2. The van der Waals surface area contributed by atoms with Crippen LogP contribution in [-0.4, -0.2) is 11.1 Å². The van der Waals surface area contributed by atoms with Crippen LogP contribution in [0.5, 0.6) is 0 Å². The summed E-state index contributed by atoms with van der Waals surface area (Å²) in [4.78, 5) is 2.49. The van der Waals surface area contributed by atoms with Gasteiger partial charge in [-0.05, 0) is 24.5 Å². The maximum absolute atomic E-state index is 14.0. The van der Waals surface area contributed by atoms with Crippen LogP contribution in [0.25, 0.3) is 0 Å². The van der Waals surface area contributed by atoms with Crippen molar-refractivity contribution >= 4 is 11.6 Å². The van der Waals surface area contributed by atoms with Crippen LogP contribution in [0.3, 0.4) is 0 Å². The first-order valence-electron chi connectivity index (χ1n) is 7.35. The highest BCUT2D eigenvalue weighted by Crippen LogP contribution is 2.49. The lowest BCUT2D eigenvalue weighted by atomic mass is 9.78. The Morgan fingerprint density at radius 1 is 1.21 bits per heavy atom. The van der Waals surface area contributed by atoms with Crippen LogP contribution in [0.2, 0.25) is 0 Å². The average Bonchev–Trinajstić information content (AvgIpc) is 2.50. The summed E-state index contributed by atoms with van der Waals surface area (Å²) in [7, 11) is 0. The number of alkyl halides is 4. The number of ether oxygens (including phenoxy) is 1. The molecule has 7 heteroatoms. The Balaban J connectivity index is 1.62. The van der Waals surface area contributed by atoms with Crippen molar-refractivity contribution in [2.75, 3.05) is 0 Å². The first-order valence-corrected chi connectivity index (χ1v) is 7.73. The molecule has 1 aliphatic carbocycles. The minimum Gasteiger partial charge on any atom is -0.373 e. The number of pyridine rings is 1. The Hall–Kier alpha value is -1.66. The van der Waals surface area contributed by atoms with Gasteiger partial charge in [-0.1, -0.05) is 30.3 Å². The van der Waals surface area contributed by atoms with Gasteiger partial charge in [0.2, 0.25) is 0 Å². The lowest BCUT2D eigenvalue weighted by molar-refractivity contribution is -0.138. The van der Waals surface area contributed by atoms with Crippen molar-refractivity contribution in [3.63, 3.8) is 0 Å². The van der Waals surface area contributed by atoms with Crippen molar-refractivity contribution < 1.29 is 22.3 Å². The van der Waals surface area contributed by atoms with Gasteiger partial charge in [0.1, 0.15) is 5.82 Å². The molecule has 1 heterocycles. The minimum absolute atomic E-state index is 0.156. The molecule has 0 bridgehead atoms. The highest BCUT2D eigenvalue weighted by molar-refractivity contribution is 6.24. The lowest BCUT2D eigenvalue weighted by Gasteiger charge is -2.42. The number of benzene rings is 1. The Kier molecular flexibility index (Phi) is 4.53. The zero-order chi connectivity index (χ0) is 17.4. The van der Waals surface area contributed by atoms with Crippen LogP contribution in [0.1, 0.15) is 29.7 Å². The zero-order valence-corrected chi connectivity index (χ0v) is 13.2. The molecular formula is C17H14ClF4NO. The SMILES string of the molecule is Fc1cc(C(F)(F)F)cnc1C1(Cl)CC(OCc2ccccc2)C1. The second kappa shape index (κ2) is 6.33. The largest absolute Gasteiger partial charge is 0.417 e. The molecule has 1 aromatic carbocycles. The van der Waals surface area contributed by atoms with Crippen molar-refractivity contribution in [1.29, 1.82) is 0 Å². The molecule has 0 spiro atoms. The van der Waals surface area contributed by atoms with E-state index >= 15 is 0 Å². The highest BCUT2D eigenvalue weighted by atomic mass is 35.5. The van der Waals surface area contributed by atoms with Gasteiger partial charge in [-0.25, -0.2) is 4.39 Å². The van der Waals surface area contributed by atoms with Gasteiger partial charge in [-0.2, -0.15) is 13.2 Å². The number of halogens is 5. The average molecular weight is 360 g/mol. The predicted molar refractivity (Wildman–Crippen MR) is 81.0 cm³/mol. The monoisotopic (exact) mass is 359 g/mol. The summed E-state index contributed by atoms with van der Waals surface area (Å²) >= 11 is 6.32. The Morgan fingerprint density at radius 2 is 1.88 bits per heavy atom. The minimum atomic E-state index is -4.63. The Bertz CT molecular complexity index is 714. The summed E-state index contributed by atoms with van der Waals surface area (Å²) in [5.41, 5.74) is -0.277. The van der Waals surface area contributed by atoms with Gasteiger partial charge in [0, 0.05) is 6.20 Å². The van der Waals surface area contributed by atoms with E-state index in [1.807, 2.05) is 30.3 Å². The third-order valence-corrected chi connectivity index (χ3v) is 4.51. The molecule has 1 saturated carbocycles. The zero-order valence-electron chi connectivity index (χ0n) is 12.5. The first-order chi connectivity index (χ1) is 11.3. The van der Waals surface area contributed by atoms with Crippen molar-refractivity contribution in [1.82, 2.24) is 4.98 Å². The maximum Gasteiger partial charge on any atom is 0.417 e. The van der Waals surface area contributed by atoms with E-state index < -0.39 is 22.4 Å². The van der Waals surface area contributed by atoms with E-state index in [9.17, 15) is 17.6 Å². The van der Waals surface area contributed by atoms with Crippen LogP contribution in [0.4, 0.5) is 17.6 Å². The fraction of sp³-hybridized carbons (Fsp3) is 0.353. The van der Waals surface area contributed by atoms with Gasteiger partial charge in [0.15, 0.2) is 0 Å². The normalized spacial score (nSPS) is 23.8. The van der Waals surface area contributed by atoms with Crippen molar-refractivity contribution in [2.24, 2.45) is 0 Å². The molecule has 0 N–H and O–H groups in total. The summed E-state index contributed by atoms with van der Waals surface area (Å²) in [5.74, 6) is -1.04. The van der Waals surface area contributed by atoms with Crippen LogP contribution in [0, 0.1) is 5.82 Å². The standard InChI is InChI=1S/C17H14ClF4NO/c18-16(15-14(19)6-12(9-23-15)17(20,21)22)7-13(8-16)24-10-11-4-2-1-3-5-11/h1-6,9,13H,7-8,10H2. The van der Waals surface area contributed by atoms with Gasteiger partial charge in [0.05, 0.1) is 28.8 Å². The quantitative estimate of drug-likeness (QED) is 0.562. The van der Waals surface area contributed by atoms with Crippen LogP contribution >= 0.6 is 11.6 Å². The fourth-order valence-electron chi connectivity index (χ4n) is 2.68. The molecule has 0 saturated heterocycles. The number of hydrogen-bond donors (Lipinski definition) is 0. The van der Waals surface area contributed by atoms with E-state index in [4.69, 9.17) is 16.3 Å². The maximum atomic E-state index is 14.0. The van der Waals surface area contributed by atoms with E-state index in [0.29, 0.717) is 31.7 Å². The van der Waals surface area contributed by atoms with E-state index in [-0.39, 0.29) is 11.8 Å². The third kappa shape index (κ3) is 3.54. The van der Waals surface area contributed by atoms with E-state index in [0.717, 1.165) is 5.56 Å². The molecule has 2 aromatic rings. The van der Waals surface area contributed by atoms with Crippen LogP contribution in [-0.2, 0) is 22.4 Å². The number of hydrogen-bond acceptors (Lipinski definition) is 2. The smallest absolute Gasteiger partial charge is 0.373 e. The summed E-state index contributed by atoms with van der Waals surface area (Å²) in [6.45, 7) is 0.404. The van der Waals surface area contributed by atoms with Gasteiger partial charge < -0.3 is 4.74 Å². The van der Waals surface area contributed by atoms with Gasteiger partial charge >= 0.3 is 6.18 Å². The molecule has 3 rings (SSSR count). The van der Waals surface area contributed by atoms with Gasteiger partial charge in [0.25, 0.3) is 0 Å². The van der Waals surface area contributed by atoms with Crippen molar-refractivity contribution in [3.8, 4) is 0 Å². The van der Waals surface area contributed by atoms with Gasteiger partial charge in [-0.15, -0.1) is 11.6 Å². The summed E-state index contributed by atoms with van der Waals surface area (Å²) in [5, 5.41) is 0. The van der Waals surface area contributed by atoms with Crippen molar-refractivity contribution in [2.45, 2.75) is 36.6 Å². The topological polar surface area (TPSA) is 22.1 Å². The van der Waals surface area contributed by atoms with E-state index in [2.05, 4.69) is 4.98 Å². The Morgan fingerprint density at radius 3 is 2.46 bits per heavy atom. The molecule has 0 radical (unpaired) electrons. The second-order valence-electron chi connectivity index (χ2n) is 5.84. The van der Waals surface area contributed by atoms with E-state index in [1.54, 1.807) is 0 Å². The molecule has 2 nitrogen and oxygen atoms in total. The number of nitrogens with zero attached hydrogens (tertiary/aromatic N) is 1. The third-order valence-electron chi connectivity index (χ3n) is 4.02. The number of aromatic nitrogens is 1. The Labute approximate surface area is 141 Å². The fourth-order valence-corrected chi connectivity index (χ4v) is 3.17. The molecule has 1 aliphatic rings. The molecule has 1 fully saturated rings. The van der Waals surface area contributed by atoms with Crippen molar-refractivity contribution in [3.05, 3.63) is 65.2 Å². The molecule has 0 amide bonds. The van der Waals surface area contributed by atoms with Crippen LogP contribution < -0.4 is 0 Å². The van der Waals surface area contributed by atoms with E-state index in [1.165, 1.54) is 0 Å². The molecule has 0 atom stereocenters. The predicted octanol–water partition coefficient (Wildman–Crippen LogP) is 5.05. The highest BCUT2D eigenvalue weighted by Gasteiger charge is 2.48. The molecule has 0 aliphatic heterocycles.